The van der Waals surface area contributed by atoms with Crippen molar-refractivity contribution in [2.45, 2.75) is 20.4 Å². The van der Waals surface area contributed by atoms with E-state index >= 15 is 0 Å². The molecule has 182 valence electrons. The molecule has 0 atom stereocenters. The summed E-state index contributed by atoms with van der Waals surface area (Å²) < 4.78 is 11.5. The highest BCUT2D eigenvalue weighted by atomic mass is 16.5. The lowest BCUT2D eigenvalue weighted by Gasteiger charge is -2.23. The zero-order chi connectivity index (χ0) is 25.1. The van der Waals surface area contributed by atoms with Gasteiger partial charge in [0, 0.05) is 29.3 Å². The maximum absolute atomic E-state index is 6.13. The number of hydrogen-bond donors (Lipinski definition) is 1. The predicted molar refractivity (Wildman–Crippen MR) is 146 cm³/mol. The van der Waals surface area contributed by atoms with E-state index < -0.39 is 0 Å². The lowest BCUT2D eigenvalue weighted by atomic mass is 10.0. The van der Waals surface area contributed by atoms with Crippen molar-refractivity contribution in [3.63, 3.8) is 0 Å². The largest absolute Gasteiger partial charge is 0.497 e. The average molecular weight is 479 g/mol. The van der Waals surface area contributed by atoms with Crippen LogP contribution in [0, 0.1) is 6.92 Å². The lowest BCUT2D eigenvalue weighted by Crippen LogP contribution is -2.26. The fourth-order valence-electron chi connectivity index (χ4n) is 4.46. The van der Waals surface area contributed by atoms with Gasteiger partial charge in [-0.15, -0.1) is 0 Å². The zero-order valence-corrected chi connectivity index (χ0v) is 20.9. The summed E-state index contributed by atoms with van der Waals surface area (Å²) in [7, 11) is 1.67. The Bertz CT molecular complexity index is 1440. The van der Waals surface area contributed by atoms with Gasteiger partial charge in [0.05, 0.1) is 19.2 Å². The molecule has 36 heavy (non-hydrogen) atoms. The van der Waals surface area contributed by atoms with Crippen molar-refractivity contribution in [1.29, 1.82) is 0 Å². The van der Waals surface area contributed by atoms with Crippen LogP contribution in [0.3, 0.4) is 0 Å². The first kappa shape index (κ1) is 23.4. The van der Waals surface area contributed by atoms with Crippen LogP contribution in [0.5, 0.6) is 11.5 Å². The molecule has 4 aromatic rings. The first-order valence-electron chi connectivity index (χ1n) is 12.1. The van der Waals surface area contributed by atoms with Gasteiger partial charge in [-0.1, -0.05) is 43.0 Å². The number of rotatable bonds is 6. The maximum atomic E-state index is 6.13. The van der Waals surface area contributed by atoms with E-state index in [9.17, 15) is 0 Å². The van der Waals surface area contributed by atoms with E-state index in [0.717, 1.165) is 68.5 Å². The highest BCUT2D eigenvalue weighted by Gasteiger charge is 2.20. The number of aromatic nitrogens is 2. The van der Waals surface area contributed by atoms with Crippen molar-refractivity contribution in [3.05, 3.63) is 96.5 Å². The van der Waals surface area contributed by atoms with E-state index in [4.69, 9.17) is 14.5 Å². The number of ether oxygens (including phenoxy) is 2. The van der Waals surface area contributed by atoms with Crippen LogP contribution >= 0.6 is 0 Å². The molecule has 0 amide bonds. The Labute approximate surface area is 211 Å². The van der Waals surface area contributed by atoms with Gasteiger partial charge >= 0.3 is 0 Å². The molecular formula is C30H30N4O2. The molecule has 0 bridgehead atoms. The summed E-state index contributed by atoms with van der Waals surface area (Å²) in [5.41, 5.74) is 6.23. The monoisotopic (exact) mass is 478 g/mol. The SMILES string of the molecule is C=C(N/C=C\C)c1ccc(-c2ccc3c(c2)CN(c2nc(C)nc4cc(OC)ccc24)CCO3)cc1. The van der Waals surface area contributed by atoms with Crippen LogP contribution in [-0.2, 0) is 6.54 Å². The summed E-state index contributed by atoms with van der Waals surface area (Å²) in [4.78, 5) is 11.7. The fraction of sp³-hybridized carbons (Fsp3) is 0.200. The number of aryl methyl sites for hydroxylation is 1. The molecule has 1 aliphatic heterocycles. The number of nitrogens with zero attached hydrogens (tertiary/aromatic N) is 3. The van der Waals surface area contributed by atoms with Crippen LogP contribution < -0.4 is 19.7 Å². The van der Waals surface area contributed by atoms with E-state index in [2.05, 4.69) is 64.2 Å². The standard InChI is InChI=1S/C30H30N4O2/c1-5-14-31-20(2)22-6-8-23(9-7-22)24-10-13-29-25(17-24)19-34(15-16-36-29)30-27-12-11-26(35-4)18-28(27)32-21(3)33-30/h5-14,17-18,31H,2,15-16,19H2,1,3-4H3/b14-5-. The minimum absolute atomic E-state index is 0.586. The molecule has 1 N–H and O–H groups in total. The van der Waals surface area contributed by atoms with Gasteiger partial charge in [-0.05, 0) is 61.0 Å². The molecule has 0 aliphatic carbocycles. The van der Waals surface area contributed by atoms with Crippen molar-refractivity contribution >= 4 is 22.4 Å². The molecule has 0 radical (unpaired) electrons. The summed E-state index contributed by atoms with van der Waals surface area (Å²) in [5, 5.41) is 4.19. The molecule has 1 aliphatic rings. The van der Waals surface area contributed by atoms with Gasteiger partial charge in [-0.2, -0.15) is 0 Å². The highest BCUT2D eigenvalue weighted by molar-refractivity contribution is 5.90. The third-order valence-corrected chi connectivity index (χ3v) is 6.33. The highest BCUT2D eigenvalue weighted by Crippen LogP contribution is 2.33. The molecule has 0 saturated carbocycles. The van der Waals surface area contributed by atoms with Crippen molar-refractivity contribution in [2.24, 2.45) is 0 Å². The van der Waals surface area contributed by atoms with Crippen LogP contribution in [0.1, 0.15) is 23.9 Å². The summed E-state index contributed by atoms with van der Waals surface area (Å²) in [5.74, 6) is 3.35. The van der Waals surface area contributed by atoms with Gasteiger partial charge in [0.2, 0.25) is 0 Å². The smallest absolute Gasteiger partial charge is 0.140 e. The number of nitrogens with one attached hydrogen (secondary N) is 1. The number of allylic oxidation sites excluding steroid dienone is 1. The molecule has 0 fully saturated rings. The Balaban J connectivity index is 1.46. The van der Waals surface area contributed by atoms with Crippen LogP contribution in [0.25, 0.3) is 27.7 Å². The zero-order valence-electron chi connectivity index (χ0n) is 20.9. The second-order valence-electron chi connectivity index (χ2n) is 8.77. The van der Waals surface area contributed by atoms with E-state index in [1.807, 2.05) is 44.3 Å². The Morgan fingerprint density at radius 1 is 1.06 bits per heavy atom. The quantitative estimate of drug-likeness (QED) is 0.361. The minimum atomic E-state index is 0.586. The van der Waals surface area contributed by atoms with Gasteiger partial charge in [-0.3, -0.25) is 0 Å². The normalized spacial score (nSPS) is 13.2. The second-order valence-corrected chi connectivity index (χ2v) is 8.77. The number of hydrogen-bond acceptors (Lipinski definition) is 6. The van der Waals surface area contributed by atoms with E-state index in [-0.39, 0.29) is 0 Å². The summed E-state index contributed by atoms with van der Waals surface area (Å²) in [6.07, 6.45) is 3.83. The average Bonchev–Trinajstić information content (AvgIpc) is 3.12. The molecule has 6 heteroatoms. The molecule has 0 saturated heterocycles. The Morgan fingerprint density at radius 2 is 1.86 bits per heavy atom. The first-order chi connectivity index (χ1) is 17.6. The summed E-state index contributed by atoms with van der Waals surface area (Å²) in [6.45, 7) is 10.0. The molecule has 6 nitrogen and oxygen atoms in total. The molecule has 0 unspecified atom stereocenters. The molecule has 3 aromatic carbocycles. The second kappa shape index (κ2) is 10.1. The third kappa shape index (κ3) is 4.75. The first-order valence-corrected chi connectivity index (χ1v) is 12.1. The number of fused-ring (bicyclic) bond motifs is 2. The third-order valence-electron chi connectivity index (χ3n) is 6.33. The topological polar surface area (TPSA) is 59.5 Å². The van der Waals surface area contributed by atoms with E-state index in [1.165, 1.54) is 0 Å². The molecule has 1 aromatic heterocycles. The van der Waals surface area contributed by atoms with Crippen LogP contribution in [0.2, 0.25) is 0 Å². The van der Waals surface area contributed by atoms with E-state index in [1.54, 1.807) is 7.11 Å². The van der Waals surface area contributed by atoms with Crippen molar-refractivity contribution in [3.8, 4) is 22.6 Å². The van der Waals surface area contributed by atoms with E-state index in [0.29, 0.717) is 13.2 Å². The summed E-state index contributed by atoms with van der Waals surface area (Å²) in [6, 6.07) is 20.8. The Kier molecular flexibility index (Phi) is 6.58. The van der Waals surface area contributed by atoms with Crippen LogP contribution in [-0.4, -0.2) is 30.2 Å². The van der Waals surface area contributed by atoms with Gasteiger partial charge in [0.15, 0.2) is 0 Å². The number of anilines is 1. The van der Waals surface area contributed by atoms with Crippen LogP contribution in [0.15, 0.2) is 79.5 Å². The van der Waals surface area contributed by atoms with Gasteiger partial charge < -0.3 is 19.7 Å². The molecule has 5 rings (SSSR count). The summed E-state index contributed by atoms with van der Waals surface area (Å²) >= 11 is 0. The lowest BCUT2D eigenvalue weighted by molar-refractivity contribution is 0.331. The number of methoxy groups -OCH3 is 1. The van der Waals surface area contributed by atoms with Crippen molar-refractivity contribution < 1.29 is 9.47 Å². The minimum Gasteiger partial charge on any atom is -0.497 e. The van der Waals surface area contributed by atoms with Crippen molar-refractivity contribution in [2.75, 3.05) is 25.2 Å². The maximum Gasteiger partial charge on any atom is 0.140 e. The van der Waals surface area contributed by atoms with Gasteiger partial charge in [-0.25, -0.2) is 9.97 Å². The Morgan fingerprint density at radius 3 is 2.64 bits per heavy atom. The van der Waals surface area contributed by atoms with Gasteiger partial charge in [0.25, 0.3) is 0 Å². The molecule has 0 spiro atoms. The van der Waals surface area contributed by atoms with Crippen molar-refractivity contribution in [1.82, 2.24) is 15.3 Å². The Hall–Kier alpha value is -4.32. The van der Waals surface area contributed by atoms with Gasteiger partial charge in [0.1, 0.15) is 29.7 Å². The number of benzene rings is 3. The van der Waals surface area contributed by atoms with Crippen LogP contribution in [0.4, 0.5) is 5.82 Å². The molecule has 2 heterocycles. The predicted octanol–water partition coefficient (Wildman–Crippen LogP) is 6.11. The molecular weight excluding hydrogens is 448 g/mol. The fourth-order valence-corrected chi connectivity index (χ4v) is 4.46.